The Labute approximate surface area is 192 Å². The van der Waals surface area contributed by atoms with E-state index < -0.39 is 0 Å². The molecule has 164 valence electrons. The third-order valence-electron chi connectivity index (χ3n) is 5.89. The Kier molecular flexibility index (Phi) is 4.61. The molecule has 5 heteroatoms. The lowest BCUT2D eigenvalue weighted by Crippen LogP contribution is -2.10. The van der Waals surface area contributed by atoms with Gasteiger partial charge in [0, 0.05) is 0 Å². The molecule has 2 aromatic carbocycles. The first kappa shape index (κ1) is 21.0. The van der Waals surface area contributed by atoms with Crippen LogP contribution in [0.15, 0.2) is 50.6 Å². The number of nitrogens with zero attached hydrogens (tertiary/aromatic N) is 2. The van der Waals surface area contributed by atoms with Gasteiger partial charge in [-0.05, 0) is 64.1 Å². The number of fused-ring (bicyclic) bond motifs is 2. The first-order valence-electron chi connectivity index (χ1n) is 10.9. The van der Waals surface area contributed by atoms with Crippen LogP contribution in [0.1, 0.15) is 58.2 Å². The number of hydrogen-bond acceptors (Lipinski definition) is 5. The van der Waals surface area contributed by atoms with Crippen molar-refractivity contribution in [3.63, 3.8) is 0 Å². The van der Waals surface area contributed by atoms with E-state index in [4.69, 9.17) is 18.8 Å². The maximum absolute atomic E-state index is 6.19. The minimum Gasteiger partial charge on any atom is -0.436 e. The molecule has 0 aliphatic rings. The molecule has 32 heavy (non-hydrogen) atoms. The molecule has 5 rings (SSSR count). The lowest BCUT2D eigenvalue weighted by atomic mass is 9.87. The minimum atomic E-state index is 0.0564. The van der Waals surface area contributed by atoms with E-state index in [2.05, 4.69) is 78.1 Å². The van der Waals surface area contributed by atoms with Crippen molar-refractivity contribution in [2.75, 3.05) is 0 Å². The number of benzene rings is 2. The second-order valence-corrected chi connectivity index (χ2v) is 11.4. The normalized spacial score (nSPS) is 12.8. The molecule has 0 aliphatic heterocycles. The highest BCUT2D eigenvalue weighted by atomic mass is 32.1. The first-order valence-corrected chi connectivity index (χ1v) is 11.8. The molecule has 0 aliphatic carbocycles. The molecule has 0 unspecified atom stereocenters. The summed E-state index contributed by atoms with van der Waals surface area (Å²) >= 11 is 1.61. The minimum absolute atomic E-state index is 0.0564. The Hall–Kier alpha value is -2.92. The van der Waals surface area contributed by atoms with Crippen LogP contribution in [-0.2, 0) is 10.8 Å². The van der Waals surface area contributed by atoms with Gasteiger partial charge < -0.3 is 8.83 Å². The quantitative estimate of drug-likeness (QED) is 0.275. The smallest absolute Gasteiger partial charge is 0.238 e. The Morgan fingerprint density at radius 2 is 1.22 bits per heavy atom. The van der Waals surface area contributed by atoms with Crippen LogP contribution in [0.25, 0.3) is 44.4 Å². The van der Waals surface area contributed by atoms with Gasteiger partial charge in [0.25, 0.3) is 0 Å². The molecule has 0 spiro atoms. The maximum atomic E-state index is 6.19. The molecule has 0 N–H and O–H groups in total. The summed E-state index contributed by atoms with van der Waals surface area (Å²) in [6.07, 6.45) is 0. The molecule has 0 saturated carbocycles. The second kappa shape index (κ2) is 7.04. The van der Waals surface area contributed by atoms with Crippen molar-refractivity contribution in [2.45, 2.75) is 59.3 Å². The van der Waals surface area contributed by atoms with Gasteiger partial charge in [0.2, 0.25) is 11.8 Å². The van der Waals surface area contributed by atoms with Gasteiger partial charge in [-0.2, -0.15) is 0 Å². The van der Waals surface area contributed by atoms with Crippen molar-refractivity contribution < 1.29 is 8.83 Å². The SMILES string of the molecule is Cc1csc(-c2nc3cc(C(C)(C)C)ccc3o2)c1-c1nc2cc(C(C)(C)C)ccc2o1. The van der Waals surface area contributed by atoms with Crippen molar-refractivity contribution in [1.82, 2.24) is 9.97 Å². The highest BCUT2D eigenvalue weighted by molar-refractivity contribution is 7.14. The molecule has 0 amide bonds. The van der Waals surface area contributed by atoms with E-state index >= 15 is 0 Å². The van der Waals surface area contributed by atoms with Crippen LogP contribution in [0.4, 0.5) is 0 Å². The Morgan fingerprint density at radius 3 is 1.75 bits per heavy atom. The highest BCUT2D eigenvalue weighted by Gasteiger charge is 2.24. The fourth-order valence-electron chi connectivity index (χ4n) is 3.86. The molecule has 0 fully saturated rings. The van der Waals surface area contributed by atoms with Gasteiger partial charge in [0.05, 0.1) is 5.56 Å². The first-order chi connectivity index (χ1) is 15.0. The van der Waals surface area contributed by atoms with Crippen molar-refractivity contribution in [3.05, 3.63) is 58.5 Å². The van der Waals surface area contributed by atoms with Gasteiger partial charge in [0.1, 0.15) is 15.9 Å². The van der Waals surface area contributed by atoms with Gasteiger partial charge in [-0.1, -0.05) is 53.7 Å². The van der Waals surface area contributed by atoms with Crippen LogP contribution in [0, 0.1) is 6.92 Å². The molecule has 0 atom stereocenters. The van der Waals surface area contributed by atoms with Crippen LogP contribution in [0.3, 0.4) is 0 Å². The lowest BCUT2D eigenvalue weighted by Gasteiger charge is -2.18. The fraction of sp³-hybridized carbons (Fsp3) is 0.333. The summed E-state index contributed by atoms with van der Waals surface area (Å²) in [6, 6.07) is 12.5. The van der Waals surface area contributed by atoms with Crippen LogP contribution < -0.4 is 0 Å². The third-order valence-corrected chi connectivity index (χ3v) is 6.98. The molecule has 3 heterocycles. The van der Waals surface area contributed by atoms with Crippen LogP contribution >= 0.6 is 11.3 Å². The Morgan fingerprint density at radius 1 is 0.719 bits per heavy atom. The Balaban J connectivity index is 1.62. The average molecular weight is 445 g/mol. The van der Waals surface area contributed by atoms with E-state index in [0.29, 0.717) is 11.8 Å². The van der Waals surface area contributed by atoms with E-state index in [1.54, 1.807) is 11.3 Å². The largest absolute Gasteiger partial charge is 0.436 e. The summed E-state index contributed by atoms with van der Waals surface area (Å²) in [5.74, 6) is 1.22. The number of thiophene rings is 1. The zero-order valence-electron chi connectivity index (χ0n) is 19.7. The summed E-state index contributed by atoms with van der Waals surface area (Å²) in [5.41, 5.74) is 7.96. The van der Waals surface area contributed by atoms with E-state index in [1.807, 2.05) is 12.1 Å². The van der Waals surface area contributed by atoms with Crippen molar-refractivity contribution in [3.8, 4) is 22.2 Å². The van der Waals surface area contributed by atoms with Gasteiger partial charge in [0.15, 0.2) is 11.2 Å². The average Bonchev–Trinajstić information content (AvgIpc) is 3.40. The molecule has 5 aromatic rings. The summed E-state index contributed by atoms with van der Waals surface area (Å²) in [6.45, 7) is 15.3. The maximum Gasteiger partial charge on any atom is 0.238 e. The summed E-state index contributed by atoms with van der Waals surface area (Å²) in [4.78, 5) is 10.6. The monoisotopic (exact) mass is 444 g/mol. The van der Waals surface area contributed by atoms with E-state index in [1.165, 1.54) is 11.1 Å². The molecular weight excluding hydrogens is 416 g/mol. The summed E-state index contributed by atoms with van der Waals surface area (Å²) < 4.78 is 12.4. The molecule has 0 radical (unpaired) electrons. The van der Waals surface area contributed by atoms with Gasteiger partial charge in [-0.15, -0.1) is 11.3 Å². The van der Waals surface area contributed by atoms with E-state index in [0.717, 1.165) is 38.2 Å². The van der Waals surface area contributed by atoms with Gasteiger partial charge >= 0.3 is 0 Å². The van der Waals surface area contributed by atoms with Crippen molar-refractivity contribution in [1.29, 1.82) is 0 Å². The molecule has 3 aromatic heterocycles. The summed E-state index contributed by atoms with van der Waals surface area (Å²) in [7, 11) is 0. The lowest BCUT2D eigenvalue weighted by molar-refractivity contribution is 0.589. The predicted molar refractivity (Wildman–Crippen MR) is 132 cm³/mol. The fourth-order valence-corrected chi connectivity index (χ4v) is 4.83. The van der Waals surface area contributed by atoms with Crippen LogP contribution in [0.2, 0.25) is 0 Å². The van der Waals surface area contributed by atoms with Crippen LogP contribution in [-0.4, -0.2) is 9.97 Å². The summed E-state index contributed by atoms with van der Waals surface area (Å²) in [5, 5.41) is 2.11. The molecular formula is C27H28N2O2S. The van der Waals surface area contributed by atoms with Gasteiger partial charge in [-0.3, -0.25) is 0 Å². The standard InChI is InChI=1S/C27H28N2O2S/c1-15-14-32-23(25-29-19-13-17(27(5,6)7)9-11-21(19)31-25)22(15)24-28-18-12-16(26(2,3)4)8-10-20(18)30-24/h8-14H,1-7H3. The van der Waals surface area contributed by atoms with E-state index in [-0.39, 0.29) is 10.8 Å². The number of aromatic nitrogens is 2. The Bertz CT molecular complexity index is 1450. The molecule has 0 saturated heterocycles. The van der Waals surface area contributed by atoms with E-state index in [9.17, 15) is 0 Å². The van der Waals surface area contributed by atoms with Crippen molar-refractivity contribution in [2.24, 2.45) is 0 Å². The predicted octanol–water partition coefficient (Wildman–Crippen LogP) is 8.27. The molecule has 4 nitrogen and oxygen atoms in total. The zero-order chi connectivity index (χ0) is 22.8. The van der Waals surface area contributed by atoms with Crippen molar-refractivity contribution >= 4 is 33.5 Å². The van der Waals surface area contributed by atoms with Crippen LogP contribution in [0.5, 0.6) is 0 Å². The molecule has 0 bridgehead atoms. The highest BCUT2D eigenvalue weighted by Crippen LogP contribution is 2.41. The topological polar surface area (TPSA) is 52.1 Å². The number of aryl methyl sites for hydroxylation is 1. The zero-order valence-corrected chi connectivity index (χ0v) is 20.5. The second-order valence-electron chi connectivity index (χ2n) is 10.5. The third kappa shape index (κ3) is 3.55. The number of rotatable bonds is 2. The van der Waals surface area contributed by atoms with Gasteiger partial charge in [-0.25, -0.2) is 9.97 Å². The number of hydrogen-bond donors (Lipinski definition) is 0. The number of oxazole rings is 2.